The van der Waals surface area contributed by atoms with Crippen molar-refractivity contribution in [2.75, 3.05) is 11.9 Å². The summed E-state index contributed by atoms with van der Waals surface area (Å²) in [7, 11) is 0. The Morgan fingerprint density at radius 1 is 1.40 bits per heavy atom. The van der Waals surface area contributed by atoms with Gasteiger partial charge in [0.25, 0.3) is 0 Å². The second-order valence-corrected chi connectivity index (χ2v) is 5.23. The molecule has 1 aromatic rings. The Bertz CT molecular complexity index is 321. The zero-order chi connectivity index (χ0) is 11.5. The predicted octanol–water partition coefficient (Wildman–Crippen LogP) is 3.83. The standard InChI is InChI=1S/C12H19ClN2/c1-9(2)12(3,4)8-14-11-7-5-6-10(13)15-11/h5-7,9H,8H2,1-4H3,(H,14,15). The Morgan fingerprint density at radius 2 is 2.07 bits per heavy atom. The van der Waals surface area contributed by atoms with Gasteiger partial charge in [-0.1, -0.05) is 45.4 Å². The van der Waals surface area contributed by atoms with Crippen LogP contribution < -0.4 is 5.32 Å². The van der Waals surface area contributed by atoms with E-state index >= 15 is 0 Å². The monoisotopic (exact) mass is 226 g/mol. The molecule has 0 atom stereocenters. The average Bonchev–Trinajstić information content (AvgIpc) is 2.15. The molecule has 1 aromatic heterocycles. The van der Waals surface area contributed by atoms with E-state index in [0.29, 0.717) is 11.1 Å². The van der Waals surface area contributed by atoms with E-state index in [4.69, 9.17) is 11.6 Å². The van der Waals surface area contributed by atoms with Gasteiger partial charge >= 0.3 is 0 Å². The summed E-state index contributed by atoms with van der Waals surface area (Å²) in [6.07, 6.45) is 0. The summed E-state index contributed by atoms with van der Waals surface area (Å²) in [5.41, 5.74) is 0.254. The van der Waals surface area contributed by atoms with Crippen molar-refractivity contribution in [3.05, 3.63) is 23.4 Å². The maximum absolute atomic E-state index is 5.81. The molecule has 0 aliphatic carbocycles. The molecule has 1 rings (SSSR count). The van der Waals surface area contributed by atoms with Crippen LogP contribution >= 0.6 is 11.6 Å². The molecule has 1 heterocycles. The normalized spacial score (nSPS) is 11.9. The van der Waals surface area contributed by atoms with Gasteiger partial charge in [-0.25, -0.2) is 4.98 Å². The fourth-order valence-corrected chi connectivity index (χ4v) is 1.19. The van der Waals surface area contributed by atoms with Crippen molar-refractivity contribution in [2.24, 2.45) is 11.3 Å². The molecule has 0 aliphatic heterocycles. The number of halogens is 1. The molecule has 0 saturated heterocycles. The highest BCUT2D eigenvalue weighted by molar-refractivity contribution is 6.29. The first kappa shape index (κ1) is 12.3. The third-order valence-corrected chi connectivity index (χ3v) is 3.21. The van der Waals surface area contributed by atoms with E-state index < -0.39 is 0 Å². The number of nitrogens with one attached hydrogen (secondary N) is 1. The van der Waals surface area contributed by atoms with Gasteiger partial charge in [-0.15, -0.1) is 0 Å². The van der Waals surface area contributed by atoms with E-state index in [2.05, 4.69) is 38.0 Å². The van der Waals surface area contributed by atoms with Crippen LogP contribution in [0, 0.1) is 11.3 Å². The van der Waals surface area contributed by atoms with Crippen LogP contribution in [-0.4, -0.2) is 11.5 Å². The van der Waals surface area contributed by atoms with Crippen LogP contribution in [-0.2, 0) is 0 Å². The maximum atomic E-state index is 5.81. The summed E-state index contributed by atoms with van der Waals surface area (Å²) in [4.78, 5) is 4.19. The van der Waals surface area contributed by atoms with Crippen LogP contribution in [0.4, 0.5) is 5.82 Å². The van der Waals surface area contributed by atoms with Crippen molar-refractivity contribution in [3.8, 4) is 0 Å². The third-order valence-electron chi connectivity index (χ3n) is 3.00. The second kappa shape index (κ2) is 4.84. The molecule has 2 nitrogen and oxygen atoms in total. The fourth-order valence-electron chi connectivity index (χ4n) is 1.03. The van der Waals surface area contributed by atoms with Crippen LogP contribution in [0.3, 0.4) is 0 Å². The van der Waals surface area contributed by atoms with Gasteiger partial charge < -0.3 is 5.32 Å². The topological polar surface area (TPSA) is 24.9 Å². The predicted molar refractivity (Wildman–Crippen MR) is 66.4 cm³/mol. The van der Waals surface area contributed by atoms with E-state index in [0.717, 1.165) is 12.4 Å². The molecule has 0 amide bonds. The summed E-state index contributed by atoms with van der Waals surface area (Å²) < 4.78 is 0. The lowest BCUT2D eigenvalue weighted by Gasteiger charge is -2.29. The van der Waals surface area contributed by atoms with Crippen LogP contribution in [0.25, 0.3) is 0 Å². The minimum absolute atomic E-state index is 0.254. The van der Waals surface area contributed by atoms with Crippen molar-refractivity contribution in [3.63, 3.8) is 0 Å². The Morgan fingerprint density at radius 3 is 2.60 bits per heavy atom. The lowest BCUT2D eigenvalue weighted by molar-refractivity contribution is 0.269. The first-order valence-electron chi connectivity index (χ1n) is 5.28. The lowest BCUT2D eigenvalue weighted by atomic mass is 9.81. The number of pyridine rings is 1. The molecular weight excluding hydrogens is 208 g/mol. The molecule has 0 fully saturated rings. The first-order chi connectivity index (χ1) is 6.92. The minimum Gasteiger partial charge on any atom is -0.369 e. The highest BCUT2D eigenvalue weighted by atomic mass is 35.5. The summed E-state index contributed by atoms with van der Waals surface area (Å²) in [5.74, 6) is 1.47. The van der Waals surface area contributed by atoms with Crippen LogP contribution in [0.2, 0.25) is 5.15 Å². The Labute approximate surface area is 97.1 Å². The Hall–Kier alpha value is -0.760. The van der Waals surface area contributed by atoms with Crippen LogP contribution in [0.5, 0.6) is 0 Å². The van der Waals surface area contributed by atoms with Crippen molar-refractivity contribution in [1.82, 2.24) is 4.98 Å². The maximum Gasteiger partial charge on any atom is 0.131 e. The number of aromatic nitrogens is 1. The highest BCUT2D eigenvalue weighted by Gasteiger charge is 2.21. The number of nitrogens with zero attached hydrogens (tertiary/aromatic N) is 1. The fraction of sp³-hybridized carbons (Fsp3) is 0.583. The van der Waals surface area contributed by atoms with Gasteiger partial charge in [-0.2, -0.15) is 0 Å². The first-order valence-corrected chi connectivity index (χ1v) is 5.66. The average molecular weight is 227 g/mol. The van der Waals surface area contributed by atoms with Gasteiger partial charge in [0.15, 0.2) is 0 Å². The number of rotatable bonds is 4. The molecular formula is C12H19ClN2. The van der Waals surface area contributed by atoms with E-state index in [1.165, 1.54) is 0 Å². The molecule has 0 unspecified atom stereocenters. The van der Waals surface area contributed by atoms with Gasteiger partial charge in [0, 0.05) is 6.54 Å². The zero-order valence-electron chi connectivity index (χ0n) is 9.84. The number of hydrogen-bond donors (Lipinski definition) is 1. The molecule has 0 aliphatic rings. The molecule has 3 heteroatoms. The quantitative estimate of drug-likeness (QED) is 0.790. The lowest BCUT2D eigenvalue weighted by Crippen LogP contribution is -2.28. The van der Waals surface area contributed by atoms with Gasteiger partial charge in [0.2, 0.25) is 0 Å². The van der Waals surface area contributed by atoms with Crippen LogP contribution in [0.15, 0.2) is 18.2 Å². The van der Waals surface area contributed by atoms with Gasteiger partial charge in [0.05, 0.1) is 0 Å². The molecule has 1 N–H and O–H groups in total. The van der Waals surface area contributed by atoms with Crippen molar-refractivity contribution < 1.29 is 0 Å². The summed E-state index contributed by atoms with van der Waals surface area (Å²) in [5, 5.41) is 3.84. The summed E-state index contributed by atoms with van der Waals surface area (Å²) >= 11 is 5.81. The Balaban J connectivity index is 2.57. The molecule has 0 saturated carbocycles. The zero-order valence-corrected chi connectivity index (χ0v) is 10.6. The molecule has 0 aromatic carbocycles. The van der Waals surface area contributed by atoms with Gasteiger partial charge in [-0.05, 0) is 23.5 Å². The molecule has 0 radical (unpaired) electrons. The minimum atomic E-state index is 0.254. The number of anilines is 1. The largest absolute Gasteiger partial charge is 0.369 e. The summed E-state index contributed by atoms with van der Waals surface area (Å²) in [6.45, 7) is 9.85. The molecule has 84 valence electrons. The summed E-state index contributed by atoms with van der Waals surface area (Å²) in [6, 6.07) is 5.61. The SMILES string of the molecule is CC(C)C(C)(C)CNc1cccc(Cl)n1. The highest BCUT2D eigenvalue weighted by Crippen LogP contribution is 2.26. The van der Waals surface area contributed by atoms with E-state index in [9.17, 15) is 0 Å². The second-order valence-electron chi connectivity index (χ2n) is 4.84. The third kappa shape index (κ3) is 3.71. The van der Waals surface area contributed by atoms with E-state index in [1.807, 2.05) is 12.1 Å². The van der Waals surface area contributed by atoms with Gasteiger partial charge in [-0.3, -0.25) is 0 Å². The molecule has 0 bridgehead atoms. The molecule has 0 spiro atoms. The van der Waals surface area contributed by atoms with Gasteiger partial charge in [0.1, 0.15) is 11.0 Å². The smallest absolute Gasteiger partial charge is 0.131 e. The van der Waals surface area contributed by atoms with Crippen LogP contribution in [0.1, 0.15) is 27.7 Å². The number of hydrogen-bond acceptors (Lipinski definition) is 2. The van der Waals surface area contributed by atoms with Crippen molar-refractivity contribution in [2.45, 2.75) is 27.7 Å². The van der Waals surface area contributed by atoms with E-state index in [-0.39, 0.29) is 5.41 Å². The van der Waals surface area contributed by atoms with E-state index in [1.54, 1.807) is 6.07 Å². The van der Waals surface area contributed by atoms with Crippen molar-refractivity contribution >= 4 is 17.4 Å². The Kier molecular flexibility index (Phi) is 3.97. The molecule has 15 heavy (non-hydrogen) atoms. The van der Waals surface area contributed by atoms with Crippen molar-refractivity contribution in [1.29, 1.82) is 0 Å².